The van der Waals surface area contributed by atoms with Crippen molar-refractivity contribution < 1.29 is 22.7 Å². The van der Waals surface area contributed by atoms with Gasteiger partial charge in [-0.15, -0.1) is 0 Å². The summed E-state index contributed by atoms with van der Waals surface area (Å²) in [5, 5.41) is 0. The summed E-state index contributed by atoms with van der Waals surface area (Å²) in [6.45, 7) is 5.06. The highest BCUT2D eigenvalue weighted by Crippen LogP contribution is 2.24. The average Bonchev–Trinajstić information content (AvgIpc) is 2.94. The molecule has 0 unspecified atom stereocenters. The summed E-state index contributed by atoms with van der Waals surface area (Å²) < 4.78 is 39.3. The van der Waals surface area contributed by atoms with E-state index in [4.69, 9.17) is 9.47 Å². The molecule has 0 spiro atoms. The summed E-state index contributed by atoms with van der Waals surface area (Å²) in [7, 11) is -1.97. The molecule has 8 nitrogen and oxygen atoms in total. The van der Waals surface area contributed by atoms with E-state index >= 15 is 0 Å². The average molecular weight is 397 g/mol. The Hall–Kier alpha value is -1.68. The molecule has 0 radical (unpaired) electrons. The fourth-order valence-corrected chi connectivity index (χ4v) is 5.12. The number of carbonyl (C=O) groups excluding carboxylic acids is 1. The van der Waals surface area contributed by atoms with Crippen LogP contribution in [0.1, 0.15) is 22.3 Å². The van der Waals surface area contributed by atoms with Crippen molar-refractivity contribution in [1.82, 2.24) is 13.5 Å². The molecule has 0 saturated carbocycles. The fraction of sp³-hybridized carbons (Fsp3) is 0.611. The van der Waals surface area contributed by atoms with Gasteiger partial charge in [-0.2, -0.15) is 17.0 Å². The van der Waals surface area contributed by atoms with E-state index in [0.717, 1.165) is 5.56 Å². The molecular formula is C18H27N3O5S. The Morgan fingerprint density at radius 1 is 1.04 bits per heavy atom. The Balaban J connectivity index is 1.72. The SMILES string of the molecule is COc1cccc(C)c1C(=O)N1CCCN(S(=O)(=O)N2CCOCC2)CC1. The molecule has 3 rings (SSSR count). The molecule has 150 valence electrons. The maximum Gasteiger partial charge on any atom is 0.282 e. The zero-order chi connectivity index (χ0) is 19.4. The Labute approximate surface area is 160 Å². The second kappa shape index (κ2) is 8.55. The van der Waals surface area contributed by atoms with Gasteiger partial charge in [-0.1, -0.05) is 12.1 Å². The number of nitrogens with zero attached hydrogens (tertiary/aromatic N) is 3. The number of rotatable bonds is 4. The quantitative estimate of drug-likeness (QED) is 0.748. The number of carbonyl (C=O) groups is 1. The first-order valence-corrected chi connectivity index (χ1v) is 10.6. The topological polar surface area (TPSA) is 79.4 Å². The number of aryl methyl sites for hydroxylation is 1. The maximum atomic E-state index is 13.1. The minimum Gasteiger partial charge on any atom is -0.496 e. The van der Waals surface area contributed by atoms with Crippen molar-refractivity contribution in [3.05, 3.63) is 29.3 Å². The zero-order valence-corrected chi connectivity index (χ0v) is 16.7. The van der Waals surface area contributed by atoms with Crippen molar-refractivity contribution in [2.45, 2.75) is 13.3 Å². The molecular weight excluding hydrogens is 370 g/mol. The predicted octanol–water partition coefficient (Wildman–Crippen LogP) is 0.729. The standard InChI is InChI=1S/C18H27N3O5S/c1-15-5-3-6-16(25-2)17(15)18(22)19-7-4-8-20(10-9-19)27(23,24)21-11-13-26-14-12-21/h3,5-6H,4,7-14H2,1-2H3. The summed E-state index contributed by atoms with van der Waals surface area (Å²) in [5.41, 5.74) is 1.39. The van der Waals surface area contributed by atoms with Gasteiger partial charge < -0.3 is 14.4 Å². The highest BCUT2D eigenvalue weighted by molar-refractivity contribution is 7.86. The van der Waals surface area contributed by atoms with E-state index < -0.39 is 10.2 Å². The number of methoxy groups -OCH3 is 1. The van der Waals surface area contributed by atoms with Crippen LogP contribution in [0.4, 0.5) is 0 Å². The lowest BCUT2D eigenvalue weighted by Gasteiger charge is -2.31. The number of hydrogen-bond donors (Lipinski definition) is 0. The predicted molar refractivity (Wildman–Crippen MR) is 101 cm³/mol. The third kappa shape index (κ3) is 4.26. The smallest absolute Gasteiger partial charge is 0.282 e. The largest absolute Gasteiger partial charge is 0.496 e. The van der Waals surface area contributed by atoms with Gasteiger partial charge in [0.15, 0.2) is 0 Å². The third-order valence-corrected chi connectivity index (χ3v) is 7.07. The van der Waals surface area contributed by atoms with Gasteiger partial charge in [0.05, 0.1) is 25.9 Å². The first kappa shape index (κ1) is 20.1. The number of benzene rings is 1. The van der Waals surface area contributed by atoms with Crippen molar-refractivity contribution in [1.29, 1.82) is 0 Å². The molecule has 2 saturated heterocycles. The lowest BCUT2D eigenvalue weighted by atomic mass is 10.1. The van der Waals surface area contributed by atoms with Crippen LogP contribution in [0.5, 0.6) is 5.75 Å². The molecule has 0 bridgehead atoms. The van der Waals surface area contributed by atoms with Crippen LogP contribution in [-0.2, 0) is 14.9 Å². The summed E-state index contributed by atoms with van der Waals surface area (Å²) >= 11 is 0. The molecule has 0 aliphatic carbocycles. The highest BCUT2D eigenvalue weighted by Gasteiger charge is 2.33. The molecule has 1 aromatic rings. The zero-order valence-electron chi connectivity index (χ0n) is 15.9. The van der Waals surface area contributed by atoms with E-state index in [1.165, 1.54) is 8.61 Å². The molecule has 9 heteroatoms. The van der Waals surface area contributed by atoms with E-state index in [-0.39, 0.29) is 5.91 Å². The lowest BCUT2D eigenvalue weighted by Crippen LogP contribution is -2.49. The molecule has 0 atom stereocenters. The van der Waals surface area contributed by atoms with Gasteiger partial charge in [0.25, 0.3) is 16.1 Å². The second-order valence-electron chi connectivity index (χ2n) is 6.72. The first-order chi connectivity index (χ1) is 12.9. The van der Waals surface area contributed by atoms with Crippen LogP contribution < -0.4 is 4.74 Å². The van der Waals surface area contributed by atoms with Gasteiger partial charge >= 0.3 is 0 Å². The lowest BCUT2D eigenvalue weighted by molar-refractivity contribution is 0.0700. The fourth-order valence-electron chi connectivity index (χ4n) is 3.51. The molecule has 2 aliphatic rings. The molecule has 0 N–H and O–H groups in total. The van der Waals surface area contributed by atoms with E-state index in [1.54, 1.807) is 18.1 Å². The molecule has 2 fully saturated rings. The van der Waals surface area contributed by atoms with Gasteiger partial charge in [-0.25, -0.2) is 0 Å². The molecule has 2 aliphatic heterocycles. The van der Waals surface area contributed by atoms with Crippen LogP contribution >= 0.6 is 0 Å². The third-order valence-electron chi connectivity index (χ3n) is 5.03. The number of hydrogen-bond acceptors (Lipinski definition) is 5. The summed E-state index contributed by atoms with van der Waals surface area (Å²) in [4.78, 5) is 14.8. The molecule has 27 heavy (non-hydrogen) atoms. The molecule has 2 heterocycles. The van der Waals surface area contributed by atoms with Crippen LogP contribution in [-0.4, -0.2) is 87.4 Å². The Bertz CT molecular complexity index is 777. The van der Waals surface area contributed by atoms with E-state index in [2.05, 4.69) is 0 Å². The van der Waals surface area contributed by atoms with Gasteiger partial charge in [-0.05, 0) is 25.0 Å². The Morgan fingerprint density at radius 2 is 1.74 bits per heavy atom. The van der Waals surface area contributed by atoms with Gasteiger partial charge in [0.1, 0.15) is 5.75 Å². The van der Waals surface area contributed by atoms with Crippen molar-refractivity contribution in [3.63, 3.8) is 0 Å². The van der Waals surface area contributed by atoms with Gasteiger partial charge in [-0.3, -0.25) is 4.79 Å². The minimum atomic E-state index is -3.52. The van der Waals surface area contributed by atoms with Crippen molar-refractivity contribution in [2.24, 2.45) is 0 Å². The van der Waals surface area contributed by atoms with Crippen LogP contribution in [0.2, 0.25) is 0 Å². The van der Waals surface area contributed by atoms with Crippen LogP contribution in [0, 0.1) is 6.92 Å². The maximum absolute atomic E-state index is 13.1. The second-order valence-corrected chi connectivity index (χ2v) is 8.64. The first-order valence-electron chi connectivity index (χ1n) is 9.21. The molecule has 0 aromatic heterocycles. The number of morpholine rings is 1. The highest BCUT2D eigenvalue weighted by atomic mass is 32.2. The normalized spacial score (nSPS) is 20.3. The van der Waals surface area contributed by atoms with Gasteiger partial charge in [0, 0.05) is 39.3 Å². The summed E-state index contributed by atoms with van der Waals surface area (Å²) in [6.07, 6.45) is 0.601. The van der Waals surface area contributed by atoms with Crippen molar-refractivity contribution >= 4 is 16.1 Å². The van der Waals surface area contributed by atoms with Crippen LogP contribution in [0.3, 0.4) is 0 Å². The van der Waals surface area contributed by atoms with Gasteiger partial charge in [0.2, 0.25) is 0 Å². The van der Waals surface area contributed by atoms with E-state index in [0.29, 0.717) is 70.2 Å². The number of amides is 1. The molecule has 1 amide bonds. The summed E-state index contributed by atoms with van der Waals surface area (Å²) in [5.74, 6) is 0.428. The minimum absolute atomic E-state index is 0.115. The van der Waals surface area contributed by atoms with Crippen LogP contribution in [0.15, 0.2) is 18.2 Å². The number of ether oxygens (including phenoxy) is 2. The monoisotopic (exact) mass is 397 g/mol. The molecule has 1 aromatic carbocycles. The van der Waals surface area contributed by atoms with Crippen LogP contribution in [0.25, 0.3) is 0 Å². The summed E-state index contributed by atoms with van der Waals surface area (Å²) in [6, 6.07) is 5.50. The van der Waals surface area contributed by atoms with E-state index in [9.17, 15) is 13.2 Å². The van der Waals surface area contributed by atoms with Crippen molar-refractivity contribution in [2.75, 3.05) is 59.6 Å². The van der Waals surface area contributed by atoms with E-state index in [1.807, 2.05) is 19.1 Å². The Morgan fingerprint density at radius 3 is 2.44 bits per heavy atom. The van der Waals surface area contributed by atoms with Crippen molar-refractivity contribution in [3.8, 4) is 5.75 Å². The Kier molecular flexibility index (Phi) is 6.36.